The maximum Gasteiger partial charge on any atom is 0.240 e. The van der Waals surface area contributed by atoms with Crippen molar-refractivity contribution in [3.05, 3.63) is 0 Å². The highest BCUT2D eigenvalue weighted by molar-refractivity contribution is 6.30. The largest absolute Gasteiger partial charge is 0.348 e. The summed E-state index contributed by atoms with van der Waals surface area (Å²) in [5.41, 5.74) is 0. The third-order valence-electron chi connectivity index (χ3n) is 3.85. The minimum atomic E-state index is -0.278. The van der Waals surface area contributed by atoms with Crippen LogP contribution in [0.5, 0.6) is 0 Å². The van der Waals surface area contributed by atoms with E-state index >= 15 is 0 Å². The Morgan fingerprint density at radius 2 is 2.07 bits per heavy atom. The molecular formula is C11H18ClNO. The van der Waals surface area contributed by atoms with E-state index in [-0.39, 0.29) is 11.3 Å². The Morgan fingerprint density at radius 3 is 2.50 bits per heavy atom. The van der Waals surface area contributed by atoms with Gasteiger partial charge in [0, 0.05) is 14.1 Å². The van der Waals surface area contributed by atoms with Crippen molar-refractivity contribution in [1.82, 2.24) is 4.90 Å². The van der Waals surface area contributed by atoms with Crippen LogP contribution in [0.3, 0.4) is 0 Å². The number of carbonyl (C=O) groups is 1. The summed E-state index contributed by atoms with van der Waals surface area (Å²) in [7, 11) is 3.57. The van der Waals surface area contributed by atoms with E-state index in [4.69, 9.17) is 11.6 Å². The molecule has 3 heteroatoms. The quantitative estimate of drug-likeness (QED) is 0.647. The first kappa shape index (κ1) is 10.3. The predicted molar refractivity (Wildman–Crippen MR) is 57.3 cm³/mol. The van der Waals surface area contributed by atoms with Crippen LogP contribution in [0.15, 0.2) is 0 Å². The Labute approximate surface area is 90.6 Å². The van der Waals surface area contributed by atoms with Gasteiger partial charge in [-0.25, -0.2) is 0 Å². The van der Waals surface area contributed by atoms with Crippen LogP contribution in [0.1, 0.15) is 25.7 Å². The van der Waals surface area contributed by atoms with Crippen molar-refractivity contribution in [3.8, 4) is 0 Å². The number of alkyl halides is 1. The molecule has 14 heavy (non-hydrogen) atoms. The summed E-state index contributed by atoms with van der Waals surface area (Å²) in [4.78, 5) is 13.3. The summed E-state index contributed by atoms with van der Waals surface area (Å²) in [6.45, 7) is 0. The Balaban J connectivity index is 1.99. The van der Waals surface area contributed by atoms with Gasteiger partial charge in [-0.15, -0.1) is 11.6 Å². The maximum atomic E-state index is 11.7. The Morgan fingerprint density at radius 1 is 1.36 bits per heavy atom. The van der Waals surface area contributed by atoms with E-state index in [0.717, 1.165) is 11.8 Å². The van der Waals surface area contributed by atoms with E-state index in [1.807, 2.05) is 0 Å². The first-order valence-corrected chi connectivity index (χ1v) is 5.88. The van der Waals surface area contributed by atoms with Crippen LogP contribution in [0.2, 0.25) is 0 Å². The number of rotatable bonds is 2. The van der Waals surface area contributed by atoms with Gasteiger partial charge >= 0.3 is 0 Å². The van der Waals surface area contributed by atoms with Crippen LogP contribution in [-0.4, -0.2) is 30.3 Å². The first-order chi connectivity index (χ1) is 6.59. The molecule has 0 aromatic rings. The average molecular weight is 216 g/mol. The third kappa shape index (κ3) is 1.65. The molecule has 0 radical (unpaired) electrons. The second kappa shape index (κ2) is 3.73. The second-order valence-corrected chi connectivity index (χ2v) is 5.44. The van der Waals surface area contributed by atoms with Gasteiger partial charge in [-0.1, -0.05) is 6.42 Å². The number of hydrogen-bond donors (Lipinski definition) is 0. The Bertz CT molecular complexity index is 241. The van der Waals surface area contributed by atoms with Crippen molar-refractivity contribution < 1.29 is 4.79 Å². The molecule has 0 spiro atoms. The molecule has 2 nitrogen and oxygen atoms in total. The fourth-order valence-corrected chi connectivity index (χ4v) is 3.59. The molecule has 2 fully saturated rings. The second-order valence-electron chi connectivity index (χ2n) is 4.97. The SMILES string of the molecule is CN(C)C(=O)C(Cl)C1CC2CCC1C2. The molecule has 2 aliphatic carbocycles. The molecule has 4 unspecified atom stereocenters. The van der Waals surface area contributed by atoms with E-state index in [9.17, 15) is 4.79 Å². The van der Waals surface area contributed by atoms with E-state index < -0.39 is 0 Å². The molecule has 2 aliphatic rings. The fraction of sp³-hybridized carbons (Fsp3) is 0.909. The lowest BCUT2D eigenvalue weighted by molar-refractivity contribution is -0.129. The number of amides is 1. The summed E-state index contributed by atoms with van der Waals surface area (Å²) in [5.74, 6) is 2.13. The number of halogens is 1. The van der Waals surface area contributed by atoms with E-state index in [2.05, 4.69) is 0 Å². The normalized spacial score (nSPS) is 37.2. The molecular weight excluding hydrogens is 198 g/mol. The van der Waals surface area contributed by atoms with E-state index in [0.29, 0.717) is 5.92 Å². The molecule has 0 aromatic carbocycles. The number of nitrogens with zero attached hydrogens (tertiary/aromatic N) is 1. The highest BCUT2D eigenvalue weighted by atomic mass is 35.5. The molecule has 4 atom stereocenters. The lowest BCUT2D eigenvalue weighted by Crippen LogP contribution is -2.37. The van der Waals surface area contributed by atoms with E-state index in [1.165, 1.54) is 25.7 Å². The highest BCUT2D eigenvalue weighted by Crippen LogP contribution is 2.50. The molecule has 0 aliphatic heterocycles. The lowest BCUT2D eigenvalue weighted by atomic mass is 9.86. The van der Waals surface area contributed by atoms with Gasteiger partial charge in [0.2, 0.25) is 5.91 Å². The molecule has 2 rings (SSSR count). The van der Waals surface area contributed by atoms with Crippen LogP contribution >= 0.6 is 11.6 Å². The van der Waals surface area contributed by atoms with Gasteiger partial charge in [0.15, 0.2) is 0 Å². The summed E-state index contributed by atoms with van der Waals surface area (Å²) in [6, 6.07) is 0. The minimum absolute atomic E-state index is 0.0872. The minimum Gasteiger partial charge on any atom is -0.348 e. The van der Waals surface area contributed by atoms with Crippen molar-refractivity contribution in [2.24, 2.45) is 17.8 Å². The van der Waals surface area contributed by atoms with Crippen molar-refractivity contribution in [2.75, 3.05) is 14.1 Å². The van der Waals surface area contributed by atoms with Gasteiger partial charge in [-0.05, 0) is 37.0 Å². The number of carbonyl (C=O) groups excluding carboxylic acids is 1. The summed E-state index contributed by atoms with van der Waals surface area (Å²) < 4.78 is 0. The van der Waals surface area contributed by atoms with Crippen LogP contribution < -0.4 is 0 Å². The zero-order valence-corrected chi connectivity index (χ0v) is 9.63. The van der Waals surface area contributed by atoms with Crippen LogP contribution in [0.4, 0.5) is 0 Å². The predicted octanol–water partition coefficient (Wildman–Crippen LogP) is 2.12. The van der Waals surface area contributed by atoms with Gasteiger partial charge < -0.3 is 4.90 Å². The maximum absolute atomic E-state index is 11.7. The fourth-order valence-electron chi connectivity index (χ4n) is 3.08. The number of hydrogen-bond acceptors (Lipinski definition) is 1. The van der Waals surface area contributed by atoms with Crippen LogP contribution in [0.25, 0.3) is 0 Å². The molecule has 80 valence electrons. The van der Waals surface area contributed by atoms with Crippen molar-refractivity contribution in [3.63, 3.8) is 0 Å². The van der Waals surface area contributed by atoms with Gasteiger partial charge in [0.1, 0.15) is 5.38 Å². The molecule has 2 saturated carbocycles. The van der Waals surface area contributed by atoms with Crippen molar-refractivity contribution in [1.29, 1.82) is 0 Å². The summed E-state index contributed by atoms with van der Waals surface area (Å²) in [5, 5.41) is -0.278. The van der Waals surface area contributed by atoms with Gasteiger partial charge in [-0.2, -0.15) is 0 Å². The van der Waals surface area contributed by atoms with Crippen LogP contribution in [-0.2, 0) is 4.79 Å². The average Bonchev–Trinajstić information content (AvgIpc) is 2.76. The standard InChI is InChI=1S/C11H18ClNO/c1-13(2)11(14)10(12)9-6-7-3-4-8(9)5-7/h7-10H,3-6H2,1-2H3. The summed E-state index contributed by atoms with van der Waals surface area (Å²) >= 11 is 6.24. The van der Waals surface area contributed by atoms with Gasteiger partial charge in [0.25, 0.3) is 0 Å². The molecule has 0 N–H and O–H groups in total. The highest BCUT2D eigenvalue weighted by Gasteiger charge is 2.44. The molecule has 0 heterocycles. The van der Waals surface area contributed by atoms with Crippen molar-refractivity contribution in [2.45, 2.75) is 31.1 Å². The lowest BCUT2D eigenvalue weighted by Gasteiger charge is -2.27. The third-order valence-corrected chi connectivity index (χ3v) is 4.36. The van der Waals surface area contributed by atoms with Crippen molar-refractivity contribution >= 4 is 17.5 Å². The number of fused-ring (bicyclic) bond motifs is 2. The molecule has 2 bridgehead atoms. The monoisotopic (exact) mass is 215 g/mol. The first-order valence-electron chi connectivity index (χ1n) is 5.45. The molecule has 0 aromatic heterocycles. The smallest absolute Gasteiger partial charge is 0.240 e. The Kier molecular flexibility index (Phi) is 2.74. The topological polar surface area (TPSA) is 20.3 Å². The van der Waals surface area contributed by atoms with E-state index in [1.54, 1.807) is 19.0 Å². The van der Waals surface area contributed by atoms with Crippen LogP contribution in [0, 0.1) is 17.8 Å². The molecule has 1 amide bonds. The summed E-state index contributed by atoms with van der Waals surface area (Å²) in [6.07, 6.45) is 5.15. The zero-order chi connectivity index (χ0) is 10.3. The Hall–Kier alpha value is -0.240. The molecule has 0 saturated heterocycles. The zero-order valence-electron chi connectivity index (χ0n) is 8.87. The van der Waals surface area contributed by atoms with Gasteiger partial charge in [0.05, 0.1) is 0 Å². The van der Waals surface area contributed by atoms with Gasteiger partial charge in [-0.3, -0.25) is 4.79 Å².